The molecule has 4 aromatic rings. The van der Waals surface area contributed by atoms with E-state index in [1.807, 2.05) is 12.1 Å². The molecule has 4 atom stereocenters. The molecule has 0 fully saturated rings. The summed E-state index contributed by atoms with van der Waals surface area (Å²) in [5.74, 6) is 0. The Morgan fingerprint density at radius 2 is 0.947 bits per heavy atom. The average molecular weight is 1070 g/mol. The molecule has 0 saturated carbocycles. The van der Waals surface area contributed by atoms with E-state index >= 15 is 0 Å². The number of allylic oxidation sites excluding steroid dienone is 2. The zero-order valence-corrected chi connectivity index (χ0v) is 46.9. The van der Waals surface area contributed by atoms with Crippen LogP contribution >= 0.6 is 0 Å². The molecule has 12 heteroatoms. The van der Waals surface area contributed by atoms with Crippen molar-refractivity contribution in [1.29, 1.82) is 0 Å². The van der Waals surface area contributed by atoms with Crippen molar-refractivity contribution in [3.8, 4) is 0 Å². The molecule has 0 spiro atoms. The lowest BCUT2D eigenvalue weighted by Crippen LogP contribution is -3.00. The number of nitrogens with zero attached hydrogens (tertiary/aromatic N) is 4. The number of fused-ring (bicyclic) bond motifs is 16. The van der Waals surface area contributed by atoms with Crippen LogP contribution in [-0.4, -0.2) is 93.1 Å². The van der Waals surface area contributed by atoms with Crippen LogP contribution in [0.2, 0.25) is 0 Å². The number of aliphatic hydroxyl groups excluding tert-OH is 3. The van der Waals surface area contributed by atoms with Gasteiger partial charge in [-0.1, -0.05) is 64.1 Å². The summed E-state index contributed by atoms with van der Waals surface area (Å²) in [6.45, 7) is 23.9. The summed E-state index contributed by atoms with van der Waals surface area (Å²) in [5, 5.41) is 29.4. The van der Waals surface area contributed by atoms with Crippen molar-refractivity contribution in [3.63, 3.8) is 0 Å². The van der Waals surface area contributed by atoms with E-state index in [-0.39, 0.29) is 90.7 Å². The second kappa shape index (κ2) is 18.9. The highest BCUT2D eigenvalue weighted by Gasteiger charge is 2.57. The lowest BCUT2D eigenvalue weighted by atomic mass is 9.73. The fourth-order valence-electron chi connectivity index (χ4n) is 15.3. The summed E-state index contributed by atoms with van der Waals surface area (Å²) in [6.07, 6.45) is 9.41. The van der Waals surface area contributed by atoms with Crippen LogP contribution < -0.4 is 34.6 Å². The summed E-state index contributed by atoms with van der Waals surface area (Å²) < 4.78 is 31.9. The number of rotatable bonds is 6. The SMILES string of the molecule is CC1(C)C2=C3C=C4C5=[N+](CCC4OC3CCN2c2ccc(CO)cc21)c1ccc(CO)cc1C5(C)C.[3H]CCOCc1ccc2c(c1)C(C)(C)C1=C3C=C4C5=[N+](CCC4OC3CCN12)c1ccc(CO)cc1C5(C)C.[Cl-].[Cl-]. The maximum absolute atomic E-state index is 9.82. The highest BCUT2D eigenvalue weighted by Crippen LogP contribution is 2.57. The summed E-state index contributed by atoms with van der Waals surface area (Å²) in [7, 11) is 0. The molecule has 0 aliphatic carbocycles. The number of hydrogen-bond acceptors (Lipinski definition) is 8. The van der Waals surface area contributed by atoms with E-state index in [4.69, 9.17) is 15.6 Å². The first kappa shape index (κ1) is 51.9. The third-order valence-electron chi connectivity index (χ3n) is 18.7. The van der Waals surface area contributed by atoms with Crippen molar-refractivity contribution >= 4 is 34.2 Å². The highest BCUT2D eigenvalue weighted by atomic mass is 35.5. The topological polar surface area (TPSA) is 101 Å². The van der Waals surface area contributed by atoms with Gasteiger partial charge >= 0.3 is 0 Å². The van der Waals surface area contributed by atoms with Gasteiger partial charge in [-0.3, -0.25) is 0 Å². The molecule has 10 nitrogen and oxygen atoms in total. The number of benzene rings is 4. The van der Waals surface area contributed by atoms with Gasteiger partial charge in [-0.05, 0) is 117 Å². The van der Waals surface area contributed by atoms with Crippen LogP contribution in [0.3, 0.4) is 0 Å². The van der Waals surface area contributed by atoms with Crippen LogP contribution in [0.4, 0.5) is 22.7 Å². The van der Waals surface area contributed by atoms with Crippen molar-refractivity contribution in [3.05, 3.63) is 163 Å². The molecule has 0 amide bonds. The van der Waals surface area contributed by atoms with Gasteiger partial charge in [-0.15, -0.1) is 0 Å². The maximum atomic E-state index is 9.82. The molecule has 76 heavy (non-hydrogen) atoms. The Morgan fingerprint density at radius 1 is 0.539 bits per heavy atom. The van der Waals surface area contributed by atoms with Crippen molar-refractivity contribution in [2.24, 2.45) is 0 Å². The Labute approximate surface area is 463 Å². The largest absolute Gasteiger partial charge is 1.00 e. The van der Waals surface area contributed by atoms with Crippen LogP contribution in [0.15, 0.2) is 119 Å². The fraction of sp³-hybridized carbons (Fsp3) is 0.469. The van der Waals surface area contributed by atoms with Gasteiger partial charge in [0.1, 0.15) is 0 Å². The molecule has 10 aliphatic rings. The second-order valence-corrected chi connectivity index (χ2v) is 24.4. The number of anilines is 2. The van der Waals surface area contributed by atoms with Gasteiger partial charge in [0.2, 0.25) is 11.4 Å². The number of aliphatic hydroxyl groups is 3. The van der Waals surface area contributed by atoms with Gasteiger partial charge in [0, 0.05) is 113 Å². The molecule has 0 saturated heterocycles. The van der Waals surface area contributed by atoms with Crippen LogP contribution in [0, 0.1) is 0 Å². The van der Waals surface area contributed by atoms with Gasteiger partial charge < -0.3 is 64.1 Å². The quantitative estimate of drug-likeness (QED) is 0.195. The van der Waals surface area contributed by atoms with Gasteiger partial charge in [0.05, 0.1) is 61.7 Å². The minimum absolute atomic E-state index is 0. The monoisotopic (exact) mass is 1070 g/mol. The molecular weight excluding hydrogens is 992 g/mol. The lowest BCUT2D eigenvalue weighted by Gasteiger charge is -2.42. The summed E-state index contributed by atoms with van der Waals surface area (Å²) in [6, 6.07) is 26.0. The van der Waals surface area contributed by atoms with Crippen molar-refractivity contribution in [1.82, 2.24) is 0 Å². The molecule has 400 valence electrons. The molecule has 10 aliphatic heterocycles. The molecule has 10 heterocycles. The highest BCUT2D eigenvalue weighted by molar-refractivity contribution is 6.09. The van der Waals surface area contributed by atoms with Crippen molar-refractivity contribution in [2.45, 2.75) is 160 Å². The van der Waals surface area contributed by atoms with Gasteiger partial charge in [0.15, 0.2) is 24.5 Å². The Hall–Kier alpha value is -4.88. The number of hydrogen-bond donors (Lipinski definition) is 3. The van der Waals surface area contributed by atoms with E-state index in [1.54, 1.807) is 0 Å². The molecule has 4 aromatic carbocycles. The third-order valence-corrected chi connectivity index (χ3v) is 18.7. The first-order valence-corrected chi connectivity index (χ1v) is 27.3. The third kappa shape index (κ3) is 7.62. The first-order chi connectivity index (χ1) is 36.0. The predicted octanol–water partition coefficient (Wildman–Crippen LogP) is 4.25. The van der Waals surface area contributed by atoms with E-state index in [1.165, 1.54) is 95.7 Å². The number of halogens is 2. The molecule has 14 rings (SSSR count). The maximum Gasteiger partial charge on any atom is 0.209 e. The summed E-state index contributed by atoms with van der Waals surface area (Å²) in [4.78, 5) is 5.03. The lowest BCUT2D eigenvalue weighted by molar-refractivity contribution is -0.445. The van der Waals surface area contributed by atoms with Crippen molar-refractivity contribution < 1.29 is 64.9 Å². The zero-order valence-electron chi connectivity index (χ0n) is 46.4. The van der Waals surface area contributed by atoms with E-state index in [0.717, 1.165) is 68.6 Å². The van der Waals surface area contributed by atoms with Crippen LogP contribution in [0.25, 0.3) is 0 Å². The zero-order chi connectivity index (χ0) is 52.1. The molecule has 3 N–H and O–H groups in total. The molecule has 0 aromatic heterocycles. The van der Waals surface area contributed by atoms with E-state index < -0.39 is 0 Å². The number of ether oxygens (including phenoxy) is 3. The molecule has 4 unspecified atom stereocenters. The predicted molar refractivity (Wildman–Crippen MR) is 291 cm³/mol. The Bertz CT molecular complexity index is 3330. The van der Waals surface area contributed by atoms with Crippen LogP contribution in [0.5, 0.6) is 0 Å². The van der Waals surface area contributed by atoms with E-state index in [0.29, 0.717) is 20.1 Å². The van der Waals surface area contributed by atoms with Crippen LogP contribution in [-0.2, 0) is 62.3 Å². The van der Waals surface area contributed by atoms with E-state index in [2.05, 4.69) is 147 Å². The minimum atomic E-state index is -0.164. The second-order valence-electron chi connectivity index (χ2n) is 24.4. The smallest absolute Gasteiger partial charge is 0.209 e. The average Bonchev–Trinajstić information content (AvgIpc) is 4.24. The van der Waals surface area contributed by atoms with Crippen LogP contribution in [0.1, 0.15) is 134 Å². The summed E-state index contributed by atoms with van der Waals surface area (Å²) in [5.41, 5.74) is 24.5. The first-order valence-electron chi connectivity index (χ1n) is 28.0. The van der Waals surface area contributed by atoms with E-state index in [9.17, 15) is 15.3 Å². The standard InChI is InChI=1S/C33H39N2O3.C31H35N2O3.2ClH/c1-6-37-19-21-8-10-27-25(16-21)33(4,5)31-23-17-22-28(38-29(23)12-14-35(27)31)11-13-34-26-9-7-20(18-36)15-24(26)32(2,3)30(22)34;1-30(2)22-13-18(16-34)5-7-24(22)32-11-9-26-20(28(30)32)15-21-27(36-26)10-12-33-25-8-6-19(17-35)14-23(25)31(3,4)29(21)33;;/h7-10,15-17,28-29,36H,6,11-14,18-19H2,1-5H3;5-8,13-15,26-27,34-35H,9-12,16-17H2,1-4H3;2*1H/q2*+1;;/p-2/i1T;;;. The molecule has 0 bridgehead atoms. The van der Waals surface area contributed by atoms with Crippen molar-refractivity contribution in [2.75, 3.05) is 42.6 Å². The fourth-order valence-corrected chi connectivity index (χ4v) is 15.3. The van der Waals surface area contributed by atoms with Gasteiger partial charge in [0.25, 0.3) is 0 Å². The molecular formula is C64H74Cl2N4O6. The minimum Gasteiger partial charge on any atom is -1.00 e. The Balaban J connectivity index is 0.000000160. The Kier molecular flexibility index (Phi) is 12.9. The molecule has 0 radical (unpaired) electrons. The van der Waals surface area contributed by atoms with Gasteiger partial charge in [-0.25, -0.2) is 0 Å². The Morgan fingerprint density at radius 3 is 1.38 bits per heavy atom. The normalized spacial score (nSPS) is 25.7. The van der Waals surface area contributed by atoms with Gasteiger partial charge in [-0.2, -0.15) is 9.15 Å². The summed E-state index contributed by atoms with van der Waals surface area (Å²) >= 11 is 0.